The van der Waals surface area contributed by atoms with E-state index in [2.05, 4.69) is 5.32 Å². The van der Waals surface area contributed by atoms with Crippen LogP contribution in [-0.4, -0.2) is 5.91 Å². The van der Waals surface area contributed by atoms with E-state index < -0.39 is 5.91 Å². The summed E-state index contributed by atoms with van der Waals surface area (Å²) < 4.78 is 0. The molecule has 0 aliphatic rings. The molecule has 0 aliphatic carbocycles. The van der Waals surface area contributed by atoms with Gasteiger partial charge in [-0.3, -0.25) is 4.79 Å². The molecule has 1 amide bonds. The number of nitriles is 1. The molecule has 3 nitrogen and oxygen atoms in total. The molecule has 0 fully saturated rings. The van der Waals surface area contributed by atoms with Crippen LogP contribution in [0.25, 0.3) is 6.08 Å². The number of anilines is 1. The van der Waals surface area contributed by atoms with E-state index in [0.29, 0.717) is 15.6 Å². The van der Waals surface area contributed by atoms with E-state index in [1.54, 1.807) is 30.3 Å². The van der Waals surface area contributed by atoms with Crippen LogP contribution in [0.1, 0.15) is 5.56 Å². The zero-order valence-corrected chi connectivity index (χ0v) is 14.4. The van der Waals surface area contributed by atoms with Gasteiger partial charge in [0.2, 0.25) is 0 Å². The summed E-state index contributed by atoms with van der Waals surface area (Å²) >= 11 is 23.8. The normalized spacial score (nSPS) is 11.0. The van der Waals surface area contributed by atoms with Crippen LogP contribution in [0.15, 0.2) is 42.0 Å². The number of nitrogens with zero attached hydrogens (tertiary/aromatic N) is 1. The number of amides is 1. The Bertz CT molecular complexity index is 820. The maximum Gasteiger partial charge on any atom is 0.266 e. The summed E-state index contributed by atoms with van der Waals surface area (Å²) in [5.74, 6) is -0.645. The number of hydrogen-bond donors (Lipinski definition) is 1. The number of rotatable bonds is 3. The minimum absolute atomic E-state index is 0.148. The summed E-state index contributed by atoms with van der Waals surface area (Å²) in [7, 11) is 0. The van der Waals surface area contributed by atoms with E-state index in [-0.39, 0.29) is 21.3 Å². The molecule has 0 radical (unpaired) electrons. The maximum atomic E-state index is 12.2. The van der Waals surface area contributed by atoms with Crippen molar-refractivity contribution < 1.29 is 4.79 Å². The summed E-state index contributed by atoms with van der Waals surface area (Å²) in [6.07, 6.45) is 1.36. The molecule has 7 heteroatoms. The van der Waals surface area contributed by atoms with Crippen molar-refractivity contribution in [1.29, 1.82) is 5.26 Å². The third-order valence-corrected chi connectivity index (χ3v) is 4.02. The first-order valence-electron chi connectivity index (χ1n) is 6.24. The topological polar surface area (TPSA) is 52.9 Å². The van der Waals surface area contributed by atoms with E-state index in [1.165, 1.54) is 12.1 Å². The van der Waals surface area contributed by atoms with E-state index >= 15 is 0 Å². The highest BCUT2D eigenvalue weighted by Crippen LogP contribution is 2.30. The van der Waals surface area contributed by atoms with Crippen LogP contribution >= 0.6 is 46.4 Å². The minimum atomic E-state index is -0.645. The average molecular weight is 386 g/mol. The molecule has 2 aromatic carbocycles. The van der Waals surface area contributed by atoms with Crippen LogP contribution < -0.4 is 5.32 Å². The molecule has 0 atom stereocenters. The summed E-state index contributed by atoms with van der Waals surface area (Å²) in [5, 5.41) is 13.0. The Kier molecular flexibility index (Phi) is 5.92. The predicted molar refractivity (Wildman–Crippen MR) is 95.1 cm³/mol. The van der Waals surface area contributed by atoms with Crippen LogP contribution in [0, 0.1) is 11.3 Å². The van der Waals surface area contributed by atoms with Gasteiger partial charge in [-0.25, -0.2) is 0 Å². The van der Waals surface area contributed by atoms with Crippen molar-refractivity contribution in [3.63, 3.8) is 0 Å². The molecule has 2 aromatic rings. The molecule has 0 aromatic heterocycles. The van der Waals surface area contributed by atoms with Gasteiger partial charge in [-0.1, -0.05) is 58.5 Å². The fourth-order valence-corrected chi connectivity index (χ4v) is 2.68. The second-order valence-electron chi connectivity index (χ2n) is 4.39. The summed E-state index contributed by atoms with van der Waals surface area (Å²) in [5.41, 5.74) is 0.586. The van der Waals surface area contributed by atoms with Crippen molar-refractivity contribution in [3.05, 3.63) is 67.6 Å². The third-order valence-electron chi connectivity index (χ3n) is 2.83. The standard InChI is InChI=1S/C16H8Cl4N2O/c17-11-5-4-9(14(20)7-11)6-10(8-21)16(23)22-15-12(18)2-1-3-13(15)19/h1-7H,(H,22,23)/b10-6+. The molecule has 0 spiro atoms. The van der Waals surface area contributed by atoms with Gasteiger partial charge >= 0.3 is 0 Å². The maximum absolute atomic E-state index is 12.2. The number of para-hydroxylation sites is 1. The molecular formula is C16H8Cl4N2O. The lowest BCUT2D eigenvalue weighted by Gasteiger charge is -2.08. The van der Waals surface area contributed by atoms with Crippen molar-refractivity contribution in [1.82, 2.24) is 0 Å². The SMILES string of the molecule is N#C/C(=C\c1ccc(Cl)cc1Cl)C(=O)Nc1c(Cl)cccc1Cl. The van der Waals surface area contributed by atoms with Gasteiger partial charge in [0.05, 0.1) is 15.7 Å². The largest absolute Gasteiger partial charge is 0.319 e. The zero-order chi connectivity index (χ0) is 17.0. The Morgan fingerprint density at radius 1 is 1.04 bits per heavy atom. The Labute approximate surface area is 153 Å². The van der Waals surface area contributed by atoms with Crippen molar-refractivity contribution in [2.24, 2.45) is 0 Å². The number of carbonyl (C=O) groups excluding carboxylic acids is 1. The second-order valence-corrected chi connectivity index (χ2v) is 6.04. The van der Waals surface area contributed by atoms with E-state index in [0.717, 1.165) is 0 Å². The van der Waals surface area contributed by atoms with E-state index in [4.69, 9.17) is 46.4 Å². The Morgan fingerprint density at radius 3 is 2.26 bits per heavy atom. The van der Waals surface area contributed by atoms with Crippen molar-refractivity contribution in [3.8, 4) is 6.07 Å². The summed E-state index contributed by atoms with van der Waals surface area (Å²) in [6, 6.07) is 11.4. The summed E-state index contributed by atoms with van der Waals surface area (Å²) in [6.45, 7) is 0. The molecule has 23 heavy (non-hydrogen) atoms. The van der Waals surface area contributed by atoms with Crippen molar-refractivity contribution in [2.75, 3.05) is 5.32 Å². The smallest absolute Gasteiger partial charge is 0.266 e. The van der Waals surface area contributed by atoms with E-state index in [9.17, 15) is 10.1 Å². The molecule has 0 heterocycles. The molecule has 1 N–H and O–H groups in total. The second kappa shape index (κ2) is 7.72. The van der Waals surface area contributed by atoms with Gasteiger partial charge in [-0.2, -0.15) is 5.26 Å². The van der Waals surface area contributed by atoms with Crippen molar-refractivity contribution >= 4 is 64.1 Å². The first-order valence-corrected chi connectivity index (χ1v) is 7.75. The molecule has 0 unspecified atom stereocenters. The van der Waals surface area contributed by atoms with E-state index in [1.807, 2.05) is 6.07 Å². The fraction of sp³-hybridized carbons (Fsp3) is 0. The third kappa shape index (κ3) is 4.40. The number of carbonyl (C=O) groups is 1. The monoisotopic (exact) mass is 384 g/mol. The van der Waals surface area contributed by atoms with Gasteiger partial charge in [0.25, 0.3) is 5.91 Å². The summed E-state index contributed by atoms with van der Waals surface area (Å²) in [4.78, 5) is 12.2. The zero-order valence-electron chi connectivity index (χ0n) is 11.4. The number of halogens is 4. The first kappa shape index (κ1) is 17.7. The highest BCUT2D eigenvalue weighted by molar-refractivity contribution is 6.40. The number of benzene rings is 2. The molecule has 0 bridgehead atoms. The first-order chi connectivity index (χ1) is 10.9. The van der Waals surface area contributed by atoms with Gasteiger partial charge < -0.3 is 5.32 Å². The molecule has 0 aliphatic heterocycles. The average Bonchev–Trinajstić information content (AvgIpc) is 2.50. The number of nitrogens with one attached hydrogen (secondary N) is 1. The van der Waals surface area contributed by atoms with Gasteiger partial charge in [0, 0.05) is 10.0 Å². The quantitative estimate of drug-likeness (QED) is 0.532. The highest BCUT2D eigenvalue weighted by atomic mass is 35.5. The van der Waals surface area contributed by atoms with Gasteiger partial charge in [-0.05, 0) is 35.9 Å². The predicted octanol–water partition coefficient (Wildman–Crippen LogP) is 5.85. The van der Waals surface area contributed by atoms with Crippen LogP contribution in [-0.2, 0) is 4.79 Å². The number of hydrogen-bond acceptors (Lipinski definition) is 2. The van der Waals surface area contributed by atoms with Crippen LogP contribution in [0.5, 0.6) is 0 Å². The minimum Gasteiger partial charge on any atom is -0.319 e. The van der Waals surface area contributed by atoms with Gasteiger partial charge in [0.15, 0.2) is 0 Å². The van der Waals surface area contributed by atoms with Gasteiger partial charge in [0.1, 0.15) is 11.6 Å². The van der Waals surface area contributed by atoms with Crippen LogP contribution in [0.2, 0.25) is 20.1 Å². The molecule has 0 saturated heterocycles. The lowest BCUT2D eigenvalue weighted by atomic mass is 10.1. The van der Waals surface area contributed by atoms with Gasteiger partial charge in [-0.15, -0.1) is 0 Å². The fourth-order valence-electron chi connectivity index (χ4n) is 1.72. The lowest BCUT2D eigenvalue weighted by molar-refractivity contribution is -0.112. The molecule has 2 rings (SSSR count). The van der Waals surface area contributed by atoms with Crippen LogP contribution in [0.4, 0.5) is 5.69 Å². The Hall–Kier alpha value is -1.70. The molecular weight excluding hydrogens is 378 g/mol. The molecule has 116 valence electrons. The Balaban J connectivity index is 2.32. The highest BCUT2D eigenvalue weighted by Gasteiger charge is 2.14. The molecule has 0 saturated carbocycles. The lowest BCUT2D eigenvalue weighted by Crippen LogP contribution is -2.14. The van der Waals surface area contributed by atoms with Crippen LogP contribution in [0.3, 0.4) is 0 Å². The van der Waals surface area contributed by atoms with Crippen molar-refractivity contribution in [2.45, 2.75) is 0 Å². The Morgan fingerprint density at radius 2 is 1.70 bits per heavy atom.